The van der Waals surface area contributed by atoms with E-state index < -0.39 is 9.05 Å². The summed E-state index contributed by atoms with van der Waals surface area (Å²) in [4.78, 5) is 12.2. The third-order valence-corrected chi connectivity index (χ3v) is 5.05. The molecule has 0 aromatic heterocycles. The molecule has 0 radical (unpaired) electrons. The Bertz CT molecular complexity index is 595. The van der Waals surface area contributed by atoms with Crippen LogP contribution < -0.4 is 5.32 Å². The number of benzene rings is 1. The molecule has 0 aliphatic carbocycles. The monoisotopic (exact) mass is 331 g/mol. The molecule has 4 nitrogen and oxygen atoms in total. The fourth-order valence-corrected chi connectivity index (χ4v) is 2.91. The molecule has 1 aromatic rings. The van der Waals surface area contributed by atoms with Gasteiger partial charge in [0, 0.05) is 22.8 Å². The van der Waals surface area contributed by atoms with Crippen molar-refractivity contribution in [1.29, 1.82) is 0 Å². The van der Waals surface area contributed by atoms with Gasteiger partial charge in [0.25, 0.3) is 15.0 Å². The molecule has 0 saturated carbocycles. The van der Waals surface area contributed by atoms with E-state index in [0.717, 1.165) is 18.4 Å². The Hall–Kier alpha value is -1.07. The lowest BCUT2D eigenvalue weighted by Gasteiger charge is -2.15. The molecular formula is C15H22ClNO3S. The molecule has 1 rings (SSSR count). The van der Waals surface area contributed by atoms with Crippen molar-refractivity contribution in [1.82, 2.24) is 5.32 Å². The maximum absolute atomic E-state index is 12.3. The normalized spacial score (nSPS) is 11.7. The second-order valence-electron chi connectivity index (χ2n) is 5.00. The first-order chi connectivity index (χ1) is 9.83. The quantitative estimate of drug-likeness (QED) is 0.779. The van der Waals surface area contributed by atoms with E-state index >= 15 is 0 Å². The zero-order valence-electron chi connectivity index (χ0n) is 12.6. The van der Waals surface area contributed by atoms with E-state index in [9.17, 15) is 13.2 Å². The average molecular weight is 332 g/mol. The summed E-state index contributed by atoms with van der Waals surface area (Å²) in [6.07, 6.45) is 2.64. The standard InChI is InChI=1S/C15H22ClNO3S/c1-4-11(5-2)10-17-15(18)14-9-13(21(16,19)20)8-7-12(14)6-3/h7-9,11H,4-6,10H2,1-3H3,(H,17,18). The van der Waals surface area contributed by atoms with Crippen LogP contribution in [0.4, 0.5) is 0 Å². The third-order valence-electron chi connectivity index (χ3n) is 3.69. The maximum Gasteiger partial charge on any atom is 0.261 e. The number of nitrogens with one attached hydrogen (secondary N) is 1. The van der Waals surface area contributed by atoms with E-state index in [2.05, 4.69) is 19.2 Å². The number of hydrogen-bond donors (Lipinski definition) is 1. The van der Waals surface area contributed by atoms with Gasteiger partial charge < -0.3 is 5.32 Å². The van der Waals surface area contributed by atoms with Gasteiger partial charge >= 0.3 is 0 Å². The van der Waals surface area contributed by atoms with Crippen molar-refractivity contribution in [3.8, 4) is 0 Å². The summed E-state index contributed by atoms with van der Waals surface area (Å²) in [5, 5.41) is 2.88. The third kappa shape index (κ3) is 5.00. The molecule has 118 valence electrons. The molecule has 1 amide bonds. The number of halogens is 1. The molecule has 0 saturated heterocycles. The first kappa shape index (κ1) is 18.0. The highest BCUT2D eigenvalue weighted by atomic mass is 35.7. The van der Waals surface area contributed by atoms with E-state index in [4.69, 9.17) is 10.7 Å². The fourth-order valence-electron chi connectivity index (χ4n) is 2.14. The van der Waals surface area contributed by atoms with E-state index in [1.807, 2.05) is 6.92 Å². The molecule has 6 heteroatoms. The van der Waals surface area contributed by atoms with Crippen LogP contribution in [-0.2, 0) is 15.5 Å². The van der Waals surface area contributed by atoms with Crippen molar-refractivity contribution in [2.45, 2.75) is 44.9 Å². The van der Waals surface area contributed by atoms with Gasteiger partial charge in [0.05, 0.1) is 4.90 Å². The van der Waals surface area contributed by atoms with Gasteiger partial charge in [-0.1, -0.05) is 39.7 Å². The lowest BCUT2D eigenvalue weighted by atomic mass is 10.0. The van der Waals surface area contributed by atoms with Gasteiger partial charge in [-0.25, -0.2) is 8.42 Å². The van der Waals surface area contributed by atoms with Gasteiger partial charge in [-0.3, -0.25) is 4.79 Å². The molecule has 0 aliphatic heterocycles. The highest BCUT2D eigenvalue weighted by Crippen LogP contribution is 2.20. The zero-order valence-corrected chi connectivity index (χ0v) is 14.2. The van der Waals surface area contributed by atoms with Crippen LogP contribution in [0.25, 0.3) is 0 Å². The minimum atomic E-state index is -3.83. The van der Waals surface area contributed by atoms with Crippen LogP contribution in [0, 0.1) is 5.92 Å². The van der Waals surface area contributed by atoms with Crippen LogP contribution in [-0.4, -0.2) is 20.9 Å². The minimum absolute atomic E-state index is 0.0472. The second-order valence-corrected chi connectivity index (χ2v) is 7.57. The first-order valence-electron chi connectivity index (χ1n) is 7.19. The van der Waals surface area contributed by atoms with Gasteiger partial charge in [0.2, 0.25) is 0 Å². The van der Waals surface area contributed by atoms with Crippen molar-refractivity contribution < 1.29 is 13.2 Å². The number of rotatable bonds is 7. The molecule has 0 bridgehead atoms. The molecule has 0 spiro atoms. The van der Waals surface area contributed by atoms with Crippen molar-refractivity contribution >= 4 is 25.6 Å². The van der Waals surface area contributed by atoms with E-state index in [1.54, 1.807) is 6.07 Å². The maximum atomic E-state index is 12.3. The van der Waals surface area contributed by atoms with Crippen LogP contribution in [0.2, 0.25) is 0 Å². The Morgan fingerprint density at radius 1 is 1.24 bits per heavy atom. The van der Waals surface area contributed by atoms with Gasteiger partial charge in [0.15, 0.2) is 0 Å². The van der Waals surface area contributed by atoms with Crippen LogP contribution >= 0.6 is 10.7 Å². The molecule has 1 aromatic carbocycles. The van der Waals surface area contributed by atoms with Crippen molar-refractivity contribution in [3.05, 3.63) is 29.3 Å². The van der Waals surface area contributed by atoms with Gasteiger partial charge in [-0.15, -0.1) is 0 Å². The van der Waals surface area contributed by atoms with Crippen molar-refractivity contribution in [2.75, 3.05) is 6.54 Å². The van der Waals surface area contributed by atoms with Crippen LogP contribution in [0.5, 0.6) is 0 Å². The summed E-state index contributed by atoms with van der Waals surface area (Å²) < 4.78 is 22.8. The van der Waals surface area contributed by atoms with Crippen LogP contribution in [0.15, 0.2) is 23.1 Å². The predicted molar refractivity (Wildman–Crippen MR) is 85.3 cm³/mol. The van der Waals surface area contributed by atoms with Gasteiger partial charge in [0.1, 0.15) is 0 Å². The Morgan fingerprint density at radius 3 is 2.33 bits per heavy atom. The Morgan fingerprint density at radius 2 is 1.86 bits per heavy atom. The van der Waals surface area contributed by atoms with E-state index in [-0.39, 0.29) is 10.8 Å². The van der Waals surface area contributed by atoms with E-state index in [1.165, 1.54) is 12.1 Å². The average Bonchev–Trinajstić information content (AvgIpc) is 2.46. The lowest BCUT2D eigenvalue weighted by Crippen LogP contribution is -2.29. The van der Waals surface area contributed by atoms with Crippen molar-refractivity contribution in [3.63, 3.8) is 0 Å². The van der Waals surface area contributed by atoms with Gasteiger partial charge in [-0.05, 0) is 30.0 Å². The number of aryl methyl sites for hydroxylation is 1. The lowest BCUT2D eigenvalue weighted by molar-refractivity contribution is 0.0945. The summed E-state index contributed by atoms with van der Waals surface area (Å²) in [6.45, 7) is 6.67. The fraction of sp³-hybridized carbons (Fsp3) is 0.533. The number of amides is 1. The summed E-state index contributed by atoms with van der Waals surface area (Å²) in [5.41, 5.74) is 1.19. The number of carbonyl (C=O) groups excluding carboxylic acids is 1. The predicted octanol–water partition coefficient (Wildman–Crippen LogP) is 3.34. The van der Waals surface area contributed by atoms with Crippen LogP contribution in [0.3, 0.4) is 0 Å². The molecule has 0 heterocycles. The molecule has 0 fully saturated rings. The Balaban J connectivity index is 3.01. The van der Waals surface area contributed by atoms with Crippen LogP contribution in [0.1, 0.15) is 49.5 Å². The SMILES string of the molecule is CCc1ccc(S(=O)(=O)Cl)cc1C(=O)NCC(CC)CC. The number of hydrogen-bond acceptors (Lipinski definition) is 3. The van der Waals surface area contributed by atoms with E-state index in [0.29, 0.717) is 24.4 Å². The molecule has 1 N–H and O–H groups in total. The summed E-state index contributed by atoms with van der Waals surface area (Å²) in [7, 11) is 1.51. The minimum Gasteiger partial charge on any atom is -0.352 e. The molecule has 0 atom stereocenters. The second kappa shape index (κ2) is 7.80. The highest BCUT2D eigenvalue weighted by Gasteiger charge is 2.17. The topological polar surface area (TPSA) is 63.2 Å². The molecule has 0 unspecified atom stereocenters. The molecule has 0 aliphatic rings. The molecule has 21 heavy (non-hydrogen) atoms. The highest BCUT2D eigenvalue weighted by molar-refractivity contribution is 8.13. The largest absolute Gasteiger partial charge is 0.352 e. The summed E-state index contributed by atoms with van der Waals surface area (Å²) in [6, 6.07) is 4.42. The summed E-state index contributed by atoms with van der Waals surface area (Å²) in [5.74, 6) is 0.180. The van der Waals surface area contributed by atoms with Gasteiger partial charge in [-0.2, -0.15) is 0 Å². The van der Waals surface area contributed by atoms with Crippen molar-refractivity contribution in [2.24, 2.45) is 5.92 Å². The number of carbonyl (C=O) groups is 1. The zero-order chi connectivity index (χ0) is 16.0. The summed E-state index contributed by atoms with van der Waals surface area (Å²) >= 11 is 0. The first-order valence-corrected chi connectivity index (χ1v) is 9.50. The smallest absolute Gasteiger partial charge is 0.261 e. The Kier molecular flexibility index (Phi) is 6.68. The Labute approximate surface area is 131 Å². The molecular weight excluding hydrogens is 310 g/mol.